The highest BCUT2D eigenvalue weighted by Crippen LogP contribution is 2.14. The van der Waals surface area contributed by atoms with Crippen LogP contribution in [0.25, 0.3) is 0 Å². The van der Waals surface area contributed by atoms with E-state index in [1.165, 1.54) is 6.33 Å². The van der Waals surface area contributed by atoms with E-state index in [4.69, 9.17) is 5.11 Å². The van der Waals surface area contributed by atoms with Crippen molar-refractivity contribution in [2.45, 2.75) is 24.4 Å². The SMILES string of the molecule is CCCNC(CO)CSc1ccncn1. The molecule has 0 aliphatic heterocycles. The molecule has 0 aliphatic rings. The van der Waals surface area contributed by atoms with Crippen LogP contribution in [0.5, 0.6) is 0 Å². The van der Waals surface area contributed by atoms with Crippen LogP contribution in [0.2, 0.25) is 0 Å². The van der Waals surface area contributed by atoms with Crippen LogP contribution in [0.4, 0.5) is 0 Å². The maximum atomic E-state index is 9.12. The van der Waals surface area contributed by atoms with Gasteiger partial charge in [0.25, 0.3) is 0 Å². The molecule has 1 heterocycles. The van der Waals surface area contributed by atoms with Gasteiger partial charge in [-0.25, -0.2) is 9.97 Å². The minimum absolute atomic E-state index is 0.143. The van der Waals surface area contributed by atoms with Crippen molar-refractivity contribution in [1.82, 2.24) is 15.3 Å². The maximum Gasteiger partial charge on any atom is 0.116 e. The van der Waals surface area contributed by atoms with Gasteiger partial charge in [-0.05, 0) is 19.0 Å². The fraction of sp³-hybridized carbons (Fsp3) is 0.600. The first-order valence-electron chi connectivity index (χ1n) is 5.10. The van der Waals surface area contributed by atoms with E-state index >= 15 is 0 Å². The van der Waals surface area contributed by atoms with Crippen LogP contribution in [0.15, 0.2) is 23.6 Å². The molecule has 0 aromatic carbocycles. The summed E-state index contributed by atoms with van der Waals surface area (Å²) in [6.07, 6.45) is 4.34. The number of rotatable bonds is 7. The minimum atomic E-state index is 0.143. The van der Waals surface area contributed by atoms with Crippen molar-refractivity contribution in [2.24, 2.45) is 0 Å². The molecular formula is C10H17N3OS. The Morgan fingerprint density at radius 3 is 3.07 bits per heavy atom. The van der Waals surface area contributed by atoms with Crippen LogP contribution in [0, 0.1) is 0 Å². The Bertz CT molecular complexity index is 258. The summed E-state index contributed by atoms with van der Waals surface area (Å²) in [5.41, 5.74) is 0. The standard InChI is InChI=1S/C10H17N3OS/c1-2-4-12-9(6-14)7-15-10-3-5-11-8-13-10/h3,5,8-9,12,14H,2,4,6-7H2,1H3. The second-order valence-corrected chi connectivity index (χ2v) is 4.23. The van der Waals surface area contributed by atoms with E-state index in [1.807, 2.05) is 6.07 Å². The molecule has 0 spiro atoms. The Kier molecular flexibility index (Phi) is 6.31. The number of nitrogens with one attached hydrogen (secondary N) is 1. The van der Waals surface area contributed by atoms with E-state index in [1.54, 1.807) is 18.0 Å². The highest BCUT2D eigenvalue weighted by atomic mass is 32.2. The number of aromatic nitrogens is 2. The number of hydrogen-bond donors (Lipinski definition) is 2. The summed E-state index contributed by atoms with van der Waals surface area (Å²) in [5.74, 6) is 0.827. The van der Waals surface area contributed by atoms with Gasteiger partial charge in [0.15, 0.2) is 0 Å². The fourth-order valence-electron chi connectivity index (χ4n) is 1.07. The second kappa shape index (κ2) is 7.62. The number of aliphatic hydroxyl groups excluding tert-OH is 1. The van der Waals surface area contributed by atoms with E-state index in [9.17, 15) is 0 Å². The van der Waals surface area contributed by atoms with Gasteiger partial charge in [0.1, 0.15) is 6.33 Å². The third kappa shape index (κ3) is 5.11. The van der Waals surface area contributed by atoms with Crippen molar-refractivity contribution >= 4 is 11.8 Å². The lowest BCUT2D eigenvalue weighted by molar-refractivity contribution is 0.254. The molecule has 1 atom stereocenters. The zero-order valence-corrected chi connectivity index (χ0v) is 9.70. The molecule has 15 heavy (non-hydrogen) atoms. The summed E-state index contributed by atoms with van der Waals surface area (Å²) < 4.78 is 0. The molecule has 0 bridgehead atoms. The molecule has 0 fully saturated rings. The predicted octanol–water partition coefficient (Wildman–Crippen LogP) is 0.929. The average molecular weight is 227 g/mol. The van der Waals surface area contributed by atoms with Crippen molar-refractivity contribution in [2.75, 3.05) is 18.9 Å². The lowest BCUT2D eigenvalue weighted by Crippen LogP contribution is -2.35. The summed E-state index contributed by atoms with van der Waals surface area (Å²) in [7, 11) is 0. The monoisotopic (exact) mass is 227 g/mol. The Labute approximate surface area is 94.5 Å². The molecule has 4 nitrogen and oxygen atoms in total. The van der Waals surface area contributed by atoms with Gasteiger partial charge in [0.05, 0.1) is 11.6 Å². The van der Waals surface area contributed by atoms with Gasteiger partial charge < -0.3 is 10.4 Å². The Hall–Kier alpha value is -0.650. The normalized spacial score (nSPS) is 12.7. The largest absolute Gasteiger partial charge is 0.395 e. The van der Waals surface area contributed by atoms with Crippen molar-refractivity contribution < 1.29 is 5.11 Å². The predicted molar refractivity (Wildman–Crippen MR) is 61.9 cm³/mol. The first-order chi connectivity index (χ1) is 7.36. The summed E-state index contributed by atoms with van der Waals surface area (Å²) >= 11 is 1.63. The summed E-state index contributed by atoms with van der Waals surface area (Å²) in [4.78, 5) is 7.96. The van der Waals surface area contributed by atoms with Gasteiger partial charge in [-0.3, -0.25) is 0 Å². The molecule has 0 saturated heterocycles. The summed E-state index contributed by atoms with van der Waals surface area (Å²) in [6.45, 7) is 3.21. The second-order valence-electron chi connectivity index (χ2n) is 3.19. The number of aliphatic hydroxyl groups is 1. The maximum absolute atomic E-state index is 9.12. The van der Waals surface area contributed by atoms with Crippen molar-refractivity contribution in [1.29, 1.82) is 0 Å². The molecule has 1 unspecified atom stereocenters. The minimum Gasteiger partial charge on any atom is -0.395 e. The molecule has 0 radical (unpaired) electrons. The Balaban J connectivity index is 2.28. The van der Waals surface area contributed by atoms with Crippen LogP contribution in [0.1, 0.15) is 13.3 Å². The van der Waals surface area contributed by atoms with Crippen LogP contribution in [-0.2, 0) is 0 Å². The highest BCUT2D eigenvalue weighted by Gasteiger charge is 2.06. The van der Waals surface area contributed by atoms with Crippen molar-refractivity contribution in [3.63, 3.8) is 0 Å². The molecule has 5 heteroatoms. The zero-order chi connectivity index (χ0) is 10.9. The van der Waals surface area contributed by atoms with Gasteiger partial charge in [-0.1, -0.05) is 6.92 Å². The molecule has 0 saturated carbocycles. The first-order valence-corrected chi connectivity index (χ1v) is 6.08. The first kappa shape index (κ1) is 12.4. The van der Waals surface area contributed by atoms with E-state index in [0.29, 0.717) is 0 Å². The Morgan fingerprint density at radius 1 is 1.60 bits per heavy atom. The summed E-state index contributed by atoms with van der Waals surface area (Å²) in [5, 5.41) is 13.3. The summed E-state index contributed by atoms with van der Waals surface area (Å²) in [6, 6.07) is 2.02. The lowest BCUT2D eigenvalue weighted by atomic mass is 10.3. The van der Waals surface area contributed by atoms with E-state index in [-0.39, 0.29) is 12.6 Å². The van der Waals surface area contributed by atoms with Gasteiger partial charge in [-0.2, -0.15) is 0 Å². The van der Waals surface area contributed by atoms with E-state index < -0.39 is 0 Å². The Morgan fingerprint density at radius 2 is 2.47 bits per heavy atom. The van der Waals surface area contributed by atoms with Gasteiger partial charge in [0.2, 0.25) is 0 Å². The van der Waals surface area contributed by atoms with Crippen molar-refractivity contribution in [3.05, 3.63) is 18.6 Å². The van der Waals surface area contributed by atoms with Crippen LogP contribution in [-0.4, -0.2) is 40.0 Å². The molecule has 1 rings (SSSR count). The third-order valence-corrected chi connectivity index (χ3v) is 3.00. The zero-order valence-electron chi connectivity index (χ0n) is 8.89. The van der Waals surface area contributed by atoms with Crippen molar-refractivity contribution in [3.8, 4) is 0 Å². The smallest absolute Gasteiger partial charge is 0.116 e. The van der Waals surface area contributed by atoms with Crippen LogP contribution >= 0.6 is 11.8 Å². The van der Waals surface area contributed by atoms with Crippen LogP contribution < -0.4 is 5.32 Å². The average Bonchev–Trinajstić information content (AvgIpc) is 2.31. The molecule has 0 amide bonds. The number of thioether (sulfide) groups is 1. The molecule has 0 aliphatic carbocycles. The van der Waals surface area contributed by atoms with Gasteiger partial charge in [-0.15, -0.1) is 11.8 Å². The molecule has 1 aromatic rings. The van der Waals surface area contributed by atoms with Crippen LogP contribution in [0.3, 0.4) is 0 Å². The lowest BCUT2D eigenvalue weighted by Gasteiger charge is -2.14. The van der Waals surface area contributed by atoms with E-state index in [0.717, 1.165) is 23.7 Å². The van der Waals surface area contributed by atoms with Gasteiger partial charge in [0, 0.05) is 18.0 Å². The highest BCUT2D eigenvalue weighted by molar-refractivity contribution is 7.99. The quantitative estimate of drug-likeness (QED) is 0.536. The molecule has 1 aromatic heterocycles. The molecular weight excluding hydrogens is 210 g/mol. The molecule has 84 valence electrons. The topological polar surface area (TPSA) is 58.0 Å². The van der Waals surface area contributed by atoms with E-state index in [2.05, 4.69) is 22.2 Å². The molecule has 2 N–H and O–H groups in total. The third-order valence-electron chi connectivity index (χ3n) is 1.89. The van der Waals surface area contributed by atoms with Gasteiger partial charge >= 0.3 is 0 Å². The number of nitrogens with zero attached hydrogens (tertiary/aromatic N) is 2. The fourth-order valence-corrected chi connectivity index (χ4v) is 1.95. The number of hydrogen-bond acceptors (Lipinski definition) is 5.